The van der Waals surface area contributed by atoms with Crippen LogP contribution in [-0.4, -0.2) is 55.6 Å². The van der Waals surface area contributed by atoms with Crippen molar-refractivity contribution in [1.82, 2.24) is 14.5 Å². The van der Waals surface area contributed by atoms with Crippen molar-refractivity contribution in [2.75, 3.05) is 26.2 Å². The molecule has 3 heterocycles. The maximum Gasteiger partial charge on any atom is 0.258 e. The van der Waals surface area contributed by atoms with Gasteiger partial charge in [0, 0.05) is 31.1 Å². The minimum atomic E-state index is -3.72. The molecule has 0 atom stereocenters. The first-order chi connectivity index (χ1) is 12.9. The molecule has 4 rings (SSSR count). The largest absolute Gasteiger partial charge is 0.297 e. The van der Waals surface area contributed by atoms with E-state index in [2.05, 4.69) is 16.3 Å². The van der Waals surface area contributed by atoms with Crippen molar-refractivity contribution in [3.63, 3.8) is 0 Å². The van der Waals surface area contributed by atoms with E-state index in [4.69, 9.17) is 0 Å². The summed E-state index contributed by atoms with van der Waals surface area (Å²) in [6.07, 6.45) is 0.745. The molecule has 1 aromatic heterocycles. The molecule has 9 heteroatoms. The fourth-order valence-corrected chi connectivity index (χ4v) is 5.67. The summed E-state index contributed by atoms with van der Waals surface area (Å²) in [4.78, 5) is 27.1. The highest BCUT2D eigenvalue weighted by Gasteiger charge is 2.32. The molecular weight excluding hydrogens is 386 g/mol. The number of hydrogen-bond acceptors (Lipinski definition) is 6. The molecule has 1 aromatic carbocycles. The second-order valence-electron chi connectivity index (χ2n) is 6.60. The van der Waals surface area contributed by atoms with Gasteiger partial charge in [-0.1, -0.05) is 6.07 Å². The number of nitrogens with zero attached hydrogens (tertiary/aromatic N) is 2. The number of amides is 2. The van der Waals surface area contributed by atoms with Crippen molar-refractivity contribution in [1.29, 1.82) is 0 Å². The van der Waals surface area contributed by atoms with Crippen LogP contribution >= 0.6 is 11.3 Å². The fraction of sp³-hybridized carbons (Fsp3) is 0.333. The third kappa shape index (κ3) is 3.55. The van der Waals surface area contributed by atoms with Crippen LogP contribution in [-0.2, 0) is 16.6 Å². The number of carbonyl (C=O) groups is 2. The number of rotatable bonds is 4. The summed E-state index contributed by atoms with van der Waals surface area (Å²) >= 11 is 1.70. The summed E-state index contributed by atoms with van der Waals surface area (Å²) in [6.45, 7) is 3.15. The first-order valence-electron chi connectivity index (χ1n) is 8.70. The van der Waals surface area contributed by atoms with Crippen LogP contribution in [0.5, 0.6) is 0 Å². The molecule has 2 aliphatic rings. The Kier molecular flexibility index (Phi) is 4.85. The van der Waals surface area contributed by atoms with Crippen LogP contribution in [0.25, 0.3) is 0 Å². The molecule has 0 saturated carbocycles. The highest BCUT2D eigenvalue weighted by molar-refractivity contribution is 7.89. The van der Waals surface area contributed by atoms with E-state index in [9.17, 15) is 18.0 Å². The summed E-state index contributed by atoms with van der Waals surface area (Å²) in [7, 11) is -3.72. The minimum absolute atomic E-state index is 0.0535. The first-order valence-corrected chi connectivity index (χ1v) is 11.0. The van der Waals surface area contributed by atoms with Gasteiger partial charge in [0.1, 0.15) is 0 Å². The predicted molar refractivity (Wildman–Crippen MR) is 101 cm³/mol. The third-order valence-electron chi connectivity index (χ3n) is 4.85. The summed E-state index contributed by atoms with van der Waals surface area (Å²) in [5, 5.41) is 4.23. The molecule has 142 valence electrons. The minimum Gasteiger partial charge on any atom is -0.297 e. The lowest BCUT2D eigenvalue weighted by Crippen LogP contribution is -2.35. The summed E-state index contributed by atoms with van der Waals surface area (Å²) in [5.41, 5.74) is 0.340. The van der Waals surface area contributed by atoms with Crippen LogP contribution in [0.2, 0.25) is 0 Å². The van der Waals surface area contributed by atoms with E-state index in [1.807, 2.05) is 11.4 Å². The van der Waals surface area contributed by atoms with Crippen molar-refractivity contribution < 1.29 is 18.0 Å². The first kappa shape index (κ1) is 18.3. The molecule has 0 unspecified atom stereocenters. The number of carbonyl (C=O) groups excluding carboxylic acids is 2. The van der Waals surface area contributed by atoms with Gasteiger partial charge >= 0.3 is 0 Å². The monoisotopic (exact) mass is 405 g/mol. The van der Waals surface area contributed by atoms with Crippen molar-refractivity contribution in [3.8, 4) is 0 Å². The van der Waals surface area contributed by atoms with Crippen molar-refractivity contribution in [3.05, 3.63) is 51.7 Å². The van der Waals surface area contributed by atoms with Gasteiger partial charge in [0.2, 0.25) is 10.0 Å². The van der Waals surface area contributed by atoms with Crippen LogP contribution in [0, 0.1) is 0 Å². The molecule has 2 aromatic rings. The highest BCUT2D eigenvalue weighted by atomic mass is 32.2. The maximum absolute atomic E-state index is 13.0. The molecule has 0 bridgehead atoms. The smallest absolute Gasteiger partial charge is 0.258 e. The van der Waals surface area contributed by atoms with E-state index >= 15 is 0 Å². The zero-order valence-corrected chi connectivity index (χ0v) is 16.2. The molecule has 0 spiro atoms. The molecule has 1 fully saturated rings. The van der Waals surface area contributed by atoms with E-state index in [0.29, 0.717) is 19.6 Å². The van der Waals surface area contributed by atoms with E-state index < -0.39 is 21.8 Å². The van der Waals surface area contributed by atoms with Gasteiger partial charge in [-0.05, 0) is 42.6 Å². The number of sulfonamides is 1. The number of hydrogen-bond donors (Lipinski definition) is 1. The molecule has 0 radical (unpaired) electrons. The van der Waals surface area contributed by atoms with E-state index in [0.717, 1.165) is 19.5 Å². The van der Waals surface area contributed by atoms with Crippen molar-refractivity contribution >= 4 is 33.2 Å². The van der Waals surface area contributed by atoms with Gasteiger partial charge in [-0.2, -0.15) is 4.31 Å². The predicted octanol–water partition coefficient (Wildman–Crippen LogP) is 1.53. The Morgan fingerprint density at radius 1 is 1.00 bits per heavy atom. The van der Waals surface area contributed by atoms with E-state index in [1.165, 1.54) is 27.4 Å². The van der Waals surface area contributed by atoms with Gasteiger partial charge in [0.15, 0.2) is 0 Å². The lowest BCUT2D eigenvalue weighted by atomic mass is 10.1. The SMILES string of the molecule is O=C1NC(=O)c2cc(S(=O)(=O)N3CCCN(Cc4cccs4)CC3)ccc21. The molecule has 1 saturated heterocycles. The molecule has 1 N–H and O–H groups in total. The Hall–Kier alpha value is -2.07. The van der Waals surface area contributed by atoms with E-state index in [1.54, 1.807) is 11.3 Å². The van der Waals surface area contributed by atoms with Crippen LogP contribution in [0.1, 0.15) is 32.0 Å². The second-order valence-corrected chi connectivity index (χ2v) is 9.57. The van der Waals surface area contributed by atoms with Gasteiger partial charge in [-0.15, -0.1) is 11.3 Å². The number of thiophene rings is 1. The topological polar surface area (TPSA) is 86.8 Å². The Balaban J connectivity index is 1.52. The number of benzene rings is 1. The zero-order chi connectivity index (χ0) is 19.0. The van der Waals surface area contributed by atoms with Gasteiger partial charge in [0.25, 0.3) is 11.8 Å². The van der Waals surface area contributed by atoms with Crippen LogP contribution in [0.3, 0.4) is 0 Å². The number of fused-ring (bicyclic) bond motifs is 1. The van der Waals surface area contributed by atoms with Crippen LogP contribution in [0.4, 0.5) is 0 Å². The Morgan fingerprint density at radius 2 is 1.81 bits per heavy atom. The lowest BCUT2D eigenvalue weighted by molar-refractivity contribution is 0.0879. The number of imide groups is 1. The summed E-state index contributed by atoms with van der Waals surface area (Å²) < 4.78 is 27.6. The molecule has 2 amide bonds. The Labute approximate surface area is 161 Å². The lowest BCUT2D eigenvalue weighted by Gasteiger charge is -2.21. The Morgan fingerprint density at radius 3 is 2.59 bits per heavy atom. The standard InChI is InChI=1S/C18H19N3O4S2/c22-17-15-5-4-14(11-16(15)18(23)19-17)27(24,25)21-7-2-6-20(8-9-21)12-13-3-1-10-26-13/h1,3-5,10-11H,2,6-9,12H2,(H,19,22,23). The van der Waals surface area contributed by atoms with Gasteiger partial charge in [-0.25, -0.2) is 8.42 Å². The van der Waals surface area contributed by atoms with Gasteiger partial charge < -0.3 is 0 Å². The molecule has 2 aliphatic heterocycles. The van der Waals surface area contributed by atoms with Crippen molar-refractivity contribution in [2.24, 2.45) is 0 Å². The van der Waals surface area contributed by atoms with Crippen LogP contribution < -0.4 is 5.32 Å². The average Bonchev–Trinajstić information content (AvgIpc) is 3.16. The summed E-state index contributed by atoms with van der Waals surface area (Å²) in [5.74, 6) is -1.04. The van der Waals surface area contributed by atoms with Gasteiger partial charge in [-0.3, -0.25) is 19.8 Å². The second kappa shape index (κ2) is 7.16. The fourth-order valence-electron chi connectivity index (χ4n) is 3.43. The number of nitrogens with one attached hydrogen (secondary N) is 1. The quantitative estimate of drug-likeness (QED) is 0.780. The average molecular weight is 406 g/mol. The zero-order valence-electron chi connectivity index (χ0n) is 14.6. The van der Waals surface area contributed by atoms with Crippen molar-refractivity contribution in [2.45, 2.75) is 17.9 Å². The maximum atomic E-state index is 13.0. The van der Waals surface area contributed by atoms with Gasteiger partial charge in [0.05, 0.1) is 16.0 Å². The summed E-state index contributed by atoms with van der Waals surface area (Å²) in [6, 6.07) is 8.22. The molecular formula is C18H19N3O4S2. The molecule has 7 nitrogen and oxygen atoms in total. The third-order valence-corrected chi connectivity index (χ3v) is 7.61. The molecule has 27 heavy (non-hydrogen) atoms. The molecule has 0 aliphatic carbocycles. The van der Waals surface area contributed by atoms with E-state index in [-0.39, 0.29) is 16.0 Å². The van der Waals surface area contributed by atoms with Crippen LogP contribution in [0.15, 0.2) is 40.6 Å². The highest BCUT2D eigenvalue weighted by Crippen LogP contribution is 2.24. The Bertz CT molecular complexity index is 986. The normalized spacial score (nSPS) is 19.0.